The van der Waals surface area contributed by atoms with Gasteiger partial charge in [0.1, 0.15) is 0 Å². The highest BCUT2D eigenvalue weighted by atomic mass is 35.5. The number of carbonyl (C=O) groups excluding carboxylic acids is 1. The van der Waals surface area contributed by atoms with Crippen LogP contribution in [0, 0.1) is 0 Å². The minimum atomic E-state index is -0.198. The fraction of sp³-hybridized carbons (Fsp3) is 0.533. The topological polar surface area (TPSA) is 32.3 Å². The third-order valence-electron chi connectivity index (χ3n) is 3.62. The Morgan fingerprint density at radius 3 is 2.68 bits per heavy atom. The molecule has 1 fully saturated rings. The Labute approximate surface area is 150 Å². The van der Waals surface area contributed by atoms with E-state index in [1.54, 1.807) is 29.6 Å². The molecule has 2 rings (SSSR count). The van der Waals surface area contributed by atoms with Crippen molar-refractivity contribution in [2.45, 2.75) is 42.7 Å². The second-order valence-corrected chi connectivity index (χ2v) is 8.09. The lowest BCUT2D eigenvalue weighted by molar-refractivity contribution is 0.242. The molecule has 2 amide bonds. The monoisotopic (exact) mass is 380 g/mol. The number of carbonyl (C=O) groups is 1. The van der Waals surface area contributed by atoms with E-state index in [-0.39, 0.29) is 16.7 Å². The van der Waals surface area contributed by atoms with Gasteiger partial charge in [0.05, 0.1) is 10.0 Å². The van der Waals surface area contributed by atoms with Gasteiger partial charge in [-0.1, -0.05) is 42.5 Å². The highest BCUT2D eigenvalue weighted by Crippen LogP contribution is 2.33. The van der Waals surface area contributed by atoms with Crippen molar-refractivity contribution in [3.63, 3.8) is 0 Å². The molecule has 1 saturated carbocycles. The molecule has 22 heavy (non-hydrogen) atoms. The Kier molecular flexibility index (Phi) is 7.00. The molecule has 1 N–H and O–H groups in total. The van der Waals surface area contributed by atoms with Gasteiger partial charge in [-0.15, -0.1) is 11.6 Å². The first-order chi connectivity index (χ1) is 10.5. The van der Waals surface area contributed by atoms with Crippen molar-refractivity contribution in [3.8, 4) is 0 Å². The van der Waals surface area contributed by atoms with E-state index in [0.29, 0.717) is 15.7 Å². The van der Waals surface area contributed by atoms with Gasteiger partial charge in [0.25, 0.3) is 0 Å². The molecular weight excluding hydrogens is 363 g/mol. The number of rotatable bonds is 3. The summed E-state index contributed by atoms with van der Waals surface area (Å²) in [6.45, 7) is 0. The number of halogens is 3. The fourth-order valence-corrected chi connectivity index (χ4v) is 4.18. The van der Waals surface area contributed by atoms with E-state index in [4.69, 9.17) is 34.8 Å². The number of anilines is 1. The van der Waals surface area contributed by atoms with Crippen LogP contribution in [-0.2, 0) is 0 Å². The Bertz CT molecular complexity index is 530. The van der Waals surface area contributed by atoms with Crippen LogP contribution < -0.4 is 5.32 Å². The molecule has 0 aliphatic heterocycles. The number of benzene rings is 1. The molecule has 0 spiro atoms. The van der Waals surface area contributed by atoms with Gasteiger partial charge in [-0.3, -0.25) is 4.31 Å². The predicted molar refractivity (Wildman–Crippen MR) is 97.3 cm³/mol. The molecule has 2 atom stereocenters. The number of nitrogens with zero attached hydrogens (tertiary/aromatic N) is 1. The zero-order valence-corrected chi connectivity index (χ0v) is 15.4. The van der Waals surface area contributed by atoms with Crippen molar-refractivity contribution >= 4 is 58.5 Å². The molecule has 0 heterocycles. The summed E-state index contributed by atoms with van der Waals surface area (Å²) in [6, 6.07) is 4.82. The van der Waals surface area contributed by atoms with E-state index < -0.39 is 0 Å². The summed E-state index contributed by atoms with van der Waals surface area (Å²) in [7, 11) is 1.76. The van der Waals surface area contributed by atoms with Gasteiger partial charge in [-0.25, -0.2) is 4.79 Å². The molecule has 1 aliphatic carbocycles. The van der Waals surface area contributed by atoms with Gasteiger partial charge < -0.3 is 5.32 Å². The Morgan fingerprint density at radius 2 is 1.95 bits per heavy atom. The first-order valence-electron chi connectivity index (χ1n) is 7.28. The van der Waals surface area contributed by atoms with Gasteiger partial charge >= 0.3 is 6.03 Å². The van der Waals surface area contributed by atoms with E-state index in [9.17, 15) is 4.79 Å². The number of nitrogens with one attached hydrogen (secondary N) is 1. The number of alkyl halides is 1. The number of urea groups is 1. The molecule has 0 radical (unpaired) electrons. The summed E-state index contributed by atoms with van der Waals surface area (Å²) in [4.78, 5) is 12.2. The Morgan fingerprint density at radius 1 is 1.23 bits per heavy atom. The standard InChI is InChI=1S/C15H19Cl3N2OS/c1-20(22-14-6-4-2-3-5-12(14)17)15(21)19-10-7-8-11(16)13(18)9-10/h7-9,12,14H,2-6H2,1H3,(H,19,21). The van der Waals surface area contributed by atoms with Crippen LogP contribution in [0.3, 0.4) is 0 Å². The summed E-state index contributed by atoms with van der Waals surface area (Å²) in [5.74, 6) is 0. The number of hydrogen-bond acceptors (Lipinski definition) is 2. The minimum absolute atomic E-state index is 0.118. The minimum Gasteiger partial charge on any atom is -0.307 e. The quantitative estimate of drug-likeness (QED) is 0.393. The fourth-order valence-electron chi connectivity index (χ4n) is 2.37. The molecule has 1 aliphatic rings. The third-order valence-corrected chi connectivity index (χ3v) is 6.35. The van der Waals surface area contributed by atoms with Crippen LogP contribution in [0.5, 0.6) is 0 Å². The average molecular weight is 382 g/mol. The number of hydrogen-bond donors (Lipinski definition) is 1. The zero-order valence-electron chi connectivity index (χ0n) is 12.3. The van der Waals surface area contributed by atoms with Gasteiger partial charge in [0, 0.05) is 23.4 Å². The molecule has 0 bridgehead atoms. The summed E-state index contributed by atoms with van der Waals surface area (Å²) < 4.78 is 1.61. The molecule has 0 aromatic heterocycles. The van der Waals surface area contributed by atoms with Crippen LogP contribution >= 0.6 is 46.8 Å². The van der Waals surface area contributed by atoms with E-state index in [0.717, 1.165) is 12.8 Å². The highest BCUT2D eigenvalue weighted by molar-refractivity contribution is 7.98. The summed E-state index contributed by atoms with van der Waals surface area (Å²) in [5, 5.41) is 4.08. The van der Waals surface area contributed by atoms with Crippen molar-refractivity contribution in [1.29, 1.82) is 0 Å². The van der Waals surface area contributed by atoms with Crippen LogP contribution in [0.1, 0.15) is 32.1 Å². The lowest BCUT2D eigenvalue weighted by atomic mass is 10.2. The normalized spacial score (nSPS) is 22.0. The van der Waals surface area contributed by atoms with Crippen LogP contribution in [0.15, 0.2) is 18.2 Å². The third kappa shape index (κ3) is 5.12. The lowest BCUT2D eigenvalue weighted by Gasteiger charge is -2.25. The molecular formula is C15H19Cl3N2OS. The van der Waals surface area contributed by atoms with Crippen LogP contribution in [-0.4, -0.2) is 28.0 Å². The second-order valence-electron chi connectivity index (χ2n) is 5.35. The largest absolute Gasteiger partial charge is 0.331 e. The van der Waals surface area contributed by atoms with Crippen molar-refractivity contribution in [1.82, 2.24) is 4.31 Å². The molecule has 1 aromatic rings. The summed E-state index contributed by atoms with van der Waals surface area (Å²) in [5.41, 5.74) is 0.620. The van der Waals surface area contributed by atoms with Crippen LogP contribution in [0.4, 0.5) is 10.5 Å². The first-order valence-corrected chi connectivity index (χ1v) is 9.31. The molecule has 7 heteroatoms. The maximum absolute atomic E-state index is 12.2. The highest BCUT2D eigenvalue weighted by Gasteiger charge is 2.25. The zero-order chi connectivity index (χ0) is 16.1. The maximum atomic E-state index is 12.2. The molecule has 3 nitrogen and oxygen atoms in total. The second kappa shape index (κ2) is 8.53. The Hall–Kier alpha value is -0.290. The van der Waals surface area contributed by atoms with Gasteiger partial charge in [0.2, 0.25) is 0 Å². The van der Waals surface area contributed by atoms with Gasteiger partial charge in [-0.2, -0.15) is 0 Å². The van der Waals surface area contributed by atoms with Gasteiger partial charge in [0.15, 0.2) is 0 Å². The molecule has 2 unspecified atom stereocenters. The predicted octanol–water partition coefficient (Wildman–Crippen LogP) is 6.05. The number of amides is 2. The van der Waals surface area contributed by atoms with Crippen LogP contribution in [0.2, 0.25) is 10.0 Å². The smallest absolute Gasteiger partial charge is 0.307 e. The van der Waals surface area contributed by atoms with E-state index in [2.05, 4.69) is 5.32 Å². The first kappa shape index (κ1) is 18.1. The molecule has 122 valence electrons. The lowest BCUT2D eigenvalue weighted by Crippen LogP contribution is -2.30. The van der Waals surface area contributed by atoms with Crippen molar-refractivity contribution in [2.75, 3.05) is 12.4 Å². The van der Waals surface area contributed by atoms with E-state index in [1.165, 1.54) is 31.2 Å². The van der Waals surface area contributed by atoms with E-state index >= 15 is 0 Å². The molecule has 0 saturated heterocycles. The SMILES string of the molecule is CN(SC1CCCCCC1Cl)C(=O)Nc1ccc(Cl)c(Cl)c1. The summed E-state index contributed by atoms with van der Waals surface area (Å²) in [6.07, 6.45) is 5.62. The maximum Gasteiger partial charge on any atom is 0.331 e. The van der Waals surface area contributed by atoms with Crippen molar-refractivity contribution in [3.05, 3.63) is 28.2 Å². The average Bonchev–Trinajstić information content (AvgIpc) is 2.68. The van der Waals surface area contributed by atoms with Crippen LogP contribution in [0.25, 0.3) is 0 Å². The van der Waals surface area contributed by atoms with E-state index in [1.807, 2.05) is 0 Å². The Balaban J connectivity index is 1.92. The van der Waals surface area contributed by atoms with Crippen molar-refractivity contribution < 1.29 is 4.79 Å². The van der Waals surface area contributed by atoms with Crippen molar-refractivity contribution in [2.24, 2.45) is 0 Å². The molecule has 1 aromatic carbocycles. The van der Waals surface area contributed by atoms with Gasteiger partial charge in [-0.05, 0) is 43.0 Å². The summed E-state index contributed by atoms with van der Waals surface area (Å²) >= 11 is 19.7.